The van der Waals surface area contributed by atoms with Gasteiger partial charge >= 0.3 is 0 Å². The van der Waals surface area contributed by atoms with E-state index < -0.39 is 0 Å². The number of anilines is 1. The van der Waals surface area contributed by atoms with Gasteiger partial charge in [-0.05, 0) is 31.0 Å². The van der Waals surface area contributed by atoms with E-state index in [9.17, 15) is 5.11 Å². The average Bonchev–Trinajstić information content (AvgIpc) is 2.40. The van der Waals surface area contributed by atoms with Crippen LogP contribution in [0.4, 0.5) is 5.69 Å². The van der Waals surface area contributed by atoms with E-state index in [2.05, 4.69) is 4.90 Å². The van der Waals surface area contributed by atoms with E-state index in [-0.39, 0.29) is 6.10 Å². The molecule has 1 aromatic rings. The molecule has 2 aliphatic rings. The number of ether oxygens (including phenoxy) is 2. The first-order valence-electron chi connectivity index (χ1n) is 6.81. The number of nitrogen functional groups attached to an aromatic ring is 1. The predicted molar refractivity (Wildman–Crippen MR) is 72.4 cm³/mol. The topological polar surface area (TPSA) is 68.0 Å². The summed E-state index contributed by atoms with van der Waals surface area (Å²) in [7, 11) is 0. The van der Waals surface area contributed by atoms with E-state index in [1.54, 1.807) is 0 Å². The maximum atomic E-state index is 9.70. The maximum absolute atomic E-state index is 9.70. The van der Waals surface area contributed by atoms with Crippen molar-refractivity contribution in [2.45, 2.75) is 25.5 Å². The Labute approximate surface area is 112 Å². The number of aliphatic hydroxyl groups excluding tert-OH is 1. The largest absolute Gasteiger partial charge is 0.486 e. The van der Waals surface area contributed by atoms with Gasteiger partial charge in [0.25, 0.3) is 0 Å². The van der Waals surface area contributed by atoms with Crippen LogP contribution in [0, 0.1) is 0 Å². The lowest BCUT2D eigenvalue weighted by Gasteiger charge is -2.30. The molecule has 0 aromatic heterocycles. The Morgan fingerprint density at radius 3 is 2.74 bits per heavy atom. The summed E-state index contributed by atoms with van der Waals surface area (Å²) >= 11 is 0. The van der Waals surface area contributed by atoms with Gasteiger partial charge in [0, 0.05) is 24.8 Å². The number of benzene rings is 1. The molecule has 3 rings (SSSR count). The minimum Gasteiger partial charge on any atom is -0.486 e. The standard InChI is InChI=1S/C14H20N2O3/c15-12-7-14-13(18-4-5-19-14)6-10(12)8-16-3-1-2-11(17)9-16/h6-7,11,17H,1-5,8-9,15H2. The van der Waals surface area contributed by atoms with Crippen LogP contribution in [0.25, 0.3) is 0 Å². The Kier molecular flexibility index (Phi) is 3.48. The molecule has 19 heavy (non-hydrogen) atoms. The molecular weight excluding hydrogens is 244 g/mol. The Morgan fingerprint density at radius 1 is 1.26 bits per heavy atom. The predicted octanol–water partition coefficient (Wildman–Crippen LogP) is 0.997. The van der Waals surface area contributed by atoms with Crippen LogP contribution in [0.5, 0.6) is 11.5 Å². The highest BCUT2D eigenvalue weighted by atomic mass is 16.6. The minimum atomic E-state index is -0.216. The summed E-state index contributed by atoms with van der Waals surface area (Å²) in [5, 5.41) is 9.70. The number of β-amino-alcohol motifs (C(OH)–C–C–N with tert-alkyl or cyclic N) is 1. The third-order valence-electron chi connectivity index (χ3n) is 3.68. The molecule has 2 aliphatic heterocycles. The van der Waals surface area contributed by atoms with E-state index in [0.29, 0.717) is 19.8 Å². The molecule has 5 heteroatoms. The highest BCUT2D eigenvalue weighted by Crippen LogP contribution is 2.35. The van der Waals surface area contributed by atoms with Crippen molar-refractivity contribution in [3.05, 3.63) is 17.7 Å². The molecule has 0 radical (unpaired) electrons. The molecule has 1 saturated heterocycles. The van der Waals surface area contributed by atoms with Gasteiger partial charge in [0.15, 0.2) is 11.5 Å². The lowest BCUT2D eigenvalue weighted by Crippen LogP contribution is -2.37. The van der Waals surface area contributed by atoms with Crippen LogP contribution in [0.15, 0.2) is 12.1 Å². The highest BCUT2D eigenvalue weighted by molar-refractivity contribution is 5.58. The summed E-state index contributed by atoms with van der Waals surface area (Å²) in [4.78, 5) is 2.23. The van der Waals surface area contributed by atoms with E-state index >= 15 is 0 Å². The number of hydrogen-bond donors (Lipinski definition) is 2. The van der Waals surface area contributed by atoms with Crippen LogP contribution in [-0.4, -0.2) is 42.4 Å². The van der Waals surface area contributed by atoms with Crippen molar-refractivity contribution in [2.75, 3.05) is 32.0 Å². The second kappa shape index (κ2) is 5.27. The fourth-order valence-electron chi connectivity index (χ4n) is 2.70. The molecule has 3 N–H and O–H groups in total. The zero-order chi connectivity index (χ0) is 13.2. The zero-order valence-electron chi connectivity index (χ0n) is 11.0. The van der Waals surface area contributed by atoms with Gasteiger partial charge in [-0.3, -0.25) is 4.90 Å². The van der Waals surface area contributed by atoms with Crippen molar-refractivity contribution in [1.29, 1.82) is 0 Å². The van der Waals surface area contributed by atoms with Crippen LogP contribution < -0.4 is 15.2 Å². The summed E-state index contributed by atoms with van der Waals surface area (Å²) in [5.41, 5.74) is 7.84. The molecule has 0 aliphatic carbocycles. The fourth-order valence-corrected chi connectivity index (χ4v) is 2.70. The first-order chi connectivity index (χ1) is 9.22. The second-order valence-corrected chi connectivity index (χ2v) is 5.23. The molecule has 1 aromatic carbocycles. The van der Waals surface area contributed by atoms with Crippen molar-refractivity contribution in [2.24, 2.45) is 0 Å². The van der Waals surface area contributed by atoms with Gasteiger partial charge in [-0.25, -0.2) is 0 Å². The number of fused-ring (bicyclic) bond motifs is 1. The molecule has 0 saturated carbocycles. The molecule has 0 spiro atoms. The van der Waals surface area contributed by atoms with Gasteiger partial charge in [-0.2, -0.15) is 0 Å². The number of likely N-dealkylation sites (tertiary alicyclic amines) is 1. The zero-order valence-corrected chi connectivity index (χ0v) is 11.0. The first-order valence-corrected chi connectivity index (χ1v) is 6.81. The molecule has 5 nitrogen and oxygen atoms in total. The van der Waals surface area contributed by atoms with Crippen LogP contribution in [0.2, 0.25) is 0 Å². The molecule has 1 fully saturated rings. The smallest absolute Gasteiger partial charge is 0.163 e. The molecule has 1 atom stereocenters. The molecule has 0 amide bonds. The van der Waals surface area contributed by atoms with E-state index in [0.717, 1.165) is 48.7 Å². The summed E-state index contributed by atoms with van der Waals surface area (Å²) in [6.45, 7) is 3.63. The van der Waals surface area contributed by atoms with E-state index in [4.69, 9.17) is 15.2 Å². The molecule has 2 heterocycles. The number of nitrogens with two attached hydrogens (primary N) is 1. The summed E-state index contributed by atoms with van der Waals surface area (Å²) in [6.07, 6.45) is 1.71. The number of nitrogens with zero attached hydrogens (tertiary/aromatic N) is 1. The van der Waals surface area contributed by atoms with Crippen molar-refractivity contribution in [1.82, 2.24) is 4.90 Å². The van der Waals surface area contributed by atoms with E-state index in [1.807, 2.05) is 12.1 Å². The van der Waals surface area contributed by atoms with Gasteiger partial charge < -0.3 is 20.3 Å². The minimum absolute atomic E-state index is 0.216. The third-order valence-corrected chi connectivity index (χ3v) is 3.68. The third kappa shape index (κ3) is 2.77. The van der Waals surface area contributed by atoms with Crippen LogP contribution in [-0.2, 0) is 6.54 Å². The number of piperidine rings is 1. The molecular formula is C14H20N2O3. The second-order valence-electron chi connectivity index (χ2n) is 5.23. The van der Waals surface area contributed by atoms with Crippen molar-refractivity contribution >= 4 is 5.69 Å². The summed E-state index contributed by atoms with van der Waals surface area (Å²) in [5.74, 6) is 1.50. The number of hydrogen-bond acceptors (Lipinski definition) is 5. The van der Waals surface area contributed by atoms with Crippen molar-refractivity contribution in [3.8, 4) is 11.5 Å². The van der Waals surface area contributed by atoms with E-state index in [1.165, 1.54) is 0 Å². The van der Waals surface area contributed by atoms with Crippen LogP contribution in [0.1, 0.15) is 18.4 Å². The van der Waals surface area contributed by atoms with Gasteiger partial charge in [0.05, 0.1) is 6.10 Å². The van der Waals surface area contributed by atoms with Gasteiger partial charge in [-0.15, -0.1) is 0 Å². The van der Waals surface area contributed by atoms with Gasteiger partial charge in [0.2, 0.25) is 0 Å². The Bertz CT molecular complexity index is 464. The monoisotopic (exact) mass is 264 g/mol. The lowest BCUT2D eigenvalue weighted by molar-refractivity contribution is 0.0668. The van der Waals surface area contributed by atoms with Crippen molar-refractivity contribution in [3.63, 3.8) is 0 Å². The van der Waals surface area contributed by atoms with Gasteiger partial charge in [-0.1, -0.05) is 0 Å². The van der Waals surface area contributed by atoms with Crippen LogP contribution in [0.3, 0.4) is 0 Å². The molecule has 0 bridgehead atoms. The van der Waals surface area contributed by atoms with Crippen molar-refractivity contribution < 1.29 is 14.6 Å². The molecule has 104 valence electrons. The Hall–Kier alpha value is -1.46. The fraction of sp³-hybridized carbons (Fsp3) is 0.571. The Morgan fingerprint density at radius 2 is 2.00 bits per heavy atom. The first kappa shape index (κ1) is 12.6. The number of aliphatic hydroxyl groups is 1. The number of rotatable bonds is 2. The quantitative estimate of drug-likeness (QED) is 0.780. The summed E-state index contributed by atoms with van der Waals surface area (Å²) < 4.78 is 11.1. The average molecular weight is 264 g/mol. The lowest BCUT2D eigenvalue weighted by atomic mass is 10.1. The normalized spacial score (nSPS) is 23.3. The molecule has 1 unspecified atom stereocenters. The SMILES string of the molecule is Nc1cc2c(cc1CN1CCCC(O)C1)OCCO2. The van der Waals surface area contributed by atoms with Crippen LogP contribution >= 0.6 is 0 Å². The van der Waals surface area contributed by atoms with Gasteiger partial charge in [0.1, 0.15) is 13.2 Å². The highest BCUT2D eigenvalue weighted by Gasteiger charge is 2.20. The maximum Gasteiger partial charge on any atom is 0.163 e. The summed E-state index contributed by atoms with van der Waals surface area (Å²) in [6, 6.07) is 3.80. The Balaban J connectivity index is 1.76.